The predicted molar refractivity (Wildman–Crippen MR) is 99.3 cm³/mol. The summed E-state index contributed by atoms with van der Waals surface area (Å²) in [6, 6.07) is 12.9. The fourth-order valence-electron chi connectivity index (χ4n) is 4.23. The second kappa shape index (κ2) is 7.16. The van der Waals surface area contributed by atoms with Crippen LogP contribution in [0.1, 0.15) is 47.6 Å². The normalized spacial score (nSPS) is 25.2. The molecule has 2 aliphatic rings. The monoisotopic (exact) mass is 354 g/mol. The van der Waals surface area contributed by atoms with Crippen molar-refractivity contribution in [3.05, 3.63) is 53.5 Å². The molecule has 5 heteroatoms. The number of furan rings is 1. The minimum Gasteiger partial charge on any atom is -0.485 e. The highest BCUT2D eigenvalue weighted by Gasteiger charge is 2.39. The second-order valence-electron chi connectivity index (χ2n) is 7.51. The largest absolute Gasteiger partial charge is 0.485 e. The molecule has 2 unspecified atom stereocenters. The van der Waals surface area contributed by atoms with Crippen molar-refractivity contribution >= 4 is 5.91 Å². The number of piperidine rings is 1. The van der Waals surface area contributed by atoms with E-state index in [4.69, 9.17) is 9.15 Å². The minimum absolute atomic E-state index is 0.124. The Balaban J connectivity index is 1.33. The number of benzene rings is 1. The van der Waals surface area contributed by atoms with Crippen molar-refractivity contribution in [2.75, 3.05) is 7.05 Å². The zero-order valence-electron chi connectivity index (χ0n) is 15.4. The van der Waals surface area contributed by atoms with E-state index in [2.05, 4.69) is 17.3 Å². The van der Waals surface area contributed by atoms with E-state index < -0.39 is 0 Å². The van der Waals surface area contributed by atoms with Gasteiger partial charge in [-0.25, -0.2) is 0 Å². The SMILES string of the molecule is Cc1ccccc1OCc1ccc(C(=O)NC2CC3CCC(C2)N3C)o1. The highest BCUT2D eigenvalue weighted by atomic mass is 16.5. The molecule has 5 nitrogen and oxygen atoms in total. The van der Waals surface area contributed by atoms with Crippen LogP contribution in [-0.4, -0.2) is 36.0 Å². The van der Waals surface area contributed by atoms with Gasteiger partial charge in [-0.1, -0.05) is 18.2 Å². The molecule has 1 N–H and O–H groups in total. The highest BCUT2D eigenvalue weighted by molar-refractivity contribution is 5.91. The Morgan fingerprint density at radius 1 is 1.19 bits per heavy atom. The number of carbonyl (C=O) groups excluding carboxylic acids is 1. The molecule has 2 saturated heterocycles. The van der Waals surface area contributed by atoms with Crippen LogP contribution in [0.4, 0.5) is 0 Å². The van der Waals surface area contributed by atoms with Crippen LogP contribution in [0.25, 0.3) is 0 Å². The summed E-state index contributed by atoms with van der Waals surface area (Å²) in [6.45, 7) is 2.32. The molecule has 0 aliphatic carbocycles. The van der Waals surface area contributed by atoms with Crippen molar-refractivity contribution in [2.24, 2.45) is 0 Å². The summed E-state index contributed by atoms with van der Waals surface area (Å²) in [5.74, 6) is 1.72. The maximum atomic E-state index is 12.5. The number of amides is 1. The maximum absolute atomic E-state index is 12.5. The summed E-state index contributed by atoms with van der Waals surface area (Å²) >= 11 is 0. The molecule has 2 aromatic rings. The maximum Gasteiger partial charge on any atom is 0.287 e. The molecule has 1 aromatic carbocycles. The van der Waals surface area contributed by atoms with Crippen LogP contribution in [0.2, 0.25) is 0 Å². The molecule has 0 radical (unpaired) electrons. The number of ether oxygens (including phenoxy) is 1. The molecule has 0 saturated carbocycles. The Kier molecular flexibility index (Phi) is 4.72. The quantitative estimate of drug-likeness (QED) is 0.893. The van der Waals surface area contributed by atoms with E-state index in [1.54, 1.807) is 6.07 Å². The van der Waals surface area contributed by atoms with E-state index in [9.17, 15) is 4.79 Å². The topological polar surface area (TPSA) is 54.7 Å². The van der Waals surface area contributed by atoms with Gasteiger partial charge in [-0.15, -0.1) is 0 Å². The minimum atomic E-state index is -0.124. The summed E-state index contributed by atoms with van der Waals surface area (Å²) in [4.78, 5) is 15.0. The molecule has 2 aliphatic heterocycles. The average Bonchev–Trinajstić information content (AvgIpc) is 3.16. The Morgan fingerprint density at radius 2 is 1.92 bits per heavy atom. The summed E-state index contributed by atoms with van der Waals surface area (Å²) in [6.07, 6.45) is 4.55. The predicted octanol–water partition coefficient (Wildman–Crippen LogP) is 3.52. The van der Waals surface area contributed by atoms with Crippen LogP contribution >= 0.6 is 0 Å². The van der Waals surface area contributed by atoms with Crippen molar-refractivity contribution < 1.29 is 13.9 Å². The van der Waals surface area contributed by atoms with Crippen LogP contribution in [0.15, 0.2) is 40.8 Å². The average molecular weight is 354 g/mol. The Labute approximate surface area is 154 Å². The van der Waals surface area contributed by atoms with Gasteiger partial charge in [0, 0.05) is 18.1 Å². The lowest BCUT2D eigenvalue weighted by Gasteiger charge is -2.36. The van der Waals surface area contributed by atoms with Gasteiger partial charge in [0.2, 0.25) is 0 Å². The zero-order valence-corrected chi connectivity index (χ0v) is 15.4. The molecule has 26 heavy (non-hydrogen) atoms. The Morgan fingerprint density at radius 3 is 2.65 bits per heavy atom. The fraction of sp³-hybridized carbons (Fsp3) is 0.476. The van der Waals surface area contributed by atoms with Gasteiger partial charge in [-0.2, -0.15) is 0 Å². The van der Waals surface area contributed by atoms with Gasteiger partial charge in [0.1, 0.15) is 18.1 Å². The first-order valence-electron chi connectivity index (χ1n) is 9.40. The molecule has 2 atom stereocenters. The summed E-state index contributed by atoms with van der Waals surface area (Å²) in [5.41, 5.74) is 1.08. The third-order valence-corrected chi connectivity index (χ3v) is 5.78. The molecular weight excluding hydrogens is 328 g/mol. The van der Waals surface area contributed by atoms with Gasteiger partial charge in [-0.3, -0.25) is 4.79 Å². The van der Waals surface area contributed by atoms with E-state index in [0.29, 0.717) is 30.2 Å². The van der Waals surface area contributed by atoms with Crippen molar-refractivity contribution in [3.63, 3.8) is 0 Å². The van der Waals surface area contributed by atoms with Crippen molar-refractivity contribution in [2.45, 2.75) is 57.3 Å². The van der Waals surface area contributed by atoms with Crippen molar-refractivity contribution in [3.8, 4) is 5.75 Å². The third kappa shape index (κ3) is 3.49. The Hall–Kier alpha value is -2.27. The van der Waals surface area contributed by atoms with E-state index in [1.165, 1.54) is 12.8 Å². The van der Waals surface area contributed by atoms with Gasteiger partial charge < -0.3 is 19.4 Å². The van der Waals surface area contributed by atoms with Crippen molar-refractivity contribution in [1.82, 2.24) is 10.2 Å². The van der Waals surface area contributed by atoms with Gasteiger partial charge >= 0.3 is 0 Å². The first kappa shape index (κ1) is 17.2. The standard InChI is InChI=1S/C21H26N2O3/c1-14-5-3-4-6-19(14)25-13-18-9-10-20(26-18)21(24)22-15-11-16-7-8-17(12-15)23(16)2/h3-6,9-10,15-17H,7-8,11-13H2,1-2H3,(H,22,24). The molecule has 3 heterocycles. The van der Waals surface area contributed by atoms with E-state index in [-0.39, 0.29) is 11.9 Å². The van der Waals surface area contributed by atoms with Gasteiger partial charge in [0.05, 0.1) is 0 Å². The number of nitrogens with zero attached hydrogens (tertiary/aromatic N) is 1. The molecule has 0 spiro atoms. The first-order chi connectivity index (χ1) is 12.6. The fourth-order valence-corrected chi connectivity index (χ4v) is 4.23. The van der Waals surface area contributed by atoms with Crippen LogP contribution < -0.4 is 10.1 Å². The number of carbonyl (C=O) groups is 1. The Bertz CT molecular complexity index is 771. The highest BCUT2D eigenvalue weighted by Crippen LogP contribution is 2.34. The summed E-state index contributed by atoms with van der Waals surface area (Å²) in [7, 11) is 2.20. The number of para-hydroxylation sites is 1. The van der Waals surface area contributed by atoms with Crippen LogP contribution in [0.3, 0.4) is 0 Å². The number of hydrogen-bond acceptors (Lipinski definition) is 4. The lowest BCUT2D eigenvalue weighted by molar-refractivity contribution is 0.0851. The summed E-state index contributed by atoms with van der Waals surface area (Å²) in [5, 5.41) is 3.15. The lowest BCUT2D eigenvalue weighted by atomic mass is 9.98. The number of fused-ring (bicyclic) bond motifs is 2. The third-order valence-electron chi connectivity index (χ3n) is 5.78. The van der Waals surface area contributed by atoms with Gasteiger partial charge in [0.15, 0.2) is 5.76 Å². The van der Waals surface area contributed by atoms with Gasteiger partial charge in [0.25, 0.3) is 5.91 Å². The molecular formula is C21H26N2O3. The van der Waals surface area contributed by atoms with Crippen LogP contribution in [0.5, 0.6) is 5.75 Å². The molecule has 2 bridgehead atoms. The van der Waals surface area contributed by atoms with Crippen molar-refractivity contribution in [1.29, 1.82) is 0 Å². The lowest BCUT2D eigenvalue weighted by Crippen LogP contribution is -2.48. The van der Waals surface area contributed by atoms with E-state index >= 15 is 0 Å². The van der Waals surface area contributed by atoms with E-state index in [0.717, 1.165) is 24.2 Å². The molecule has 1 aromatic heterocycles. The molecule has 4 rings (SSSR count). The van der Waals surface area contributed by atoms with E-state index in [1.807, 2.05) is 37.3 Å². The van der Waals surface area contributed by atoms with Gasteiger partial charge in [-0.05, 0) is 63.4 Å². The van der Waals surface area contributed by atoms with Crippen LogP contribution in [0, 0.1) is 6.92 Å². The van der Waals surface area contributed by atoms with Crippen LogP contribution in [-0.2, 0) is 6.61 Å². The number of nitrogens with one attached hydrogen (secondary N) is 1. The zero-order chi connectivity index (χ0) is 18.1. The first-order valence-corrected chi connectivity index (χ1v) is 9.40. The molecule has 138 valence electrons. The molecule has 1 amide bonds. The summed E-state index contributed by atoms with van der Waals surface area (Å²) < 4.78 is 11.5. The number of rotatable bonds is 5. The smallest absolute Gasteiger partial charge is 0.287 e. The number of hydrogen-bond donors (Lipinski definition) is 1. The molecule has 2 fully saturated rings. The second-order valence-corrected chi connectivity index (χ2v) is 7.51. The number of aryl methyl sites for hydroxylation is 1.